The van der Waals surface area contributed by atoms with Gasteiger partial charge in [-0.1, -0.05) is 6.92 Å². The Kier molecular flexibility index (Phi) is 3.31. The SMILES string of the molecule is CCC(C)(C)C(=O)O[C@@]1(C)CC(=O)OC1C. The van der Waals surface area contributed by atoms with Gasteiger partial charge in [-0.3, -0.25) is 9.59 Å². The first-order valence-corrected chi connectivity index (χ1v) is 5.64. The van der Waals surface area contributed by atoms with E-state index in [0.29, 0.717) is 6.42 Å². The zero-order chi connectivity index (χ0) is 12.6. The first kappa shape index (κ1) is 13.0. The van der Waals surface area contributed by atoms with Crippen molar-refractivity contribution in [3.05, 3.63) is 0 Å². The minimum Gasteiger partial charge on any atom is -0.458 e. The highest BCUT2D eigenvalue weighted by Gasteiger charge is 2.47. The number of ether oxygens (including phenoxy) is 2. The summed E-state index contributed by atoms with van der Waals surface area (Å²) in [6, 6.07) is 0. The van der Waals surface area contributed by atoms with Crippen molar-refractivity contribution in [2.45, 2.75) is 59.2 Å². The van der Waals surface area contributed by atoms with Gasteiger partial charge in [0.2, 0.25) is 0 Å². The van der Waals surface area contributed by atoms with Crippen LogP contribution >= 0.6 is 0 Å². The summed E-state index contributed by atoms with van der Waals surface area (Å²) in [5.41, 5.74) is -1.34. The molecule has 1 unspecified atom stereocenters. The van der Waals surface area contributed by atoms with Crippen LogP contribution in [0.25, 0.3) is 0 Å². The number of carbonyl (C=O) groups is 2. The van der Waals surface area contributed by atoms with E-state index in [4.69, 9.17) is 9.47 Å². The zero-order valence-electron chi connectivity index (χ0n) is 10.6. The van der Waals surface area contributed by atoms with Crippen LogP contribution < -0.4 is 0 Å². The third kappa shape index (κ3) is 2.36. The molecule has 4 heteroatoms. The third-order valence-corrected chi connectivity index (χ3v) is 3.43. The van der Waals surface area contributed by atoms with Gasteiger partial charge < -0.3 is 9.47 Å². The van der Waals surface area contributed by atoms with Crippen molar-refractivity contribution in [3.8, 4) is 0 Å². The number of hydrogen-bond donors (Lipinski definition) is 0. The molecule has 0 N–H and O–H groups in total. The lowest BCUT2D eigenvalue weighted by atomic mass is 9.89. The Balaban J connectivity index is 2.74. The molecule has 1 heterocycles. The van der Waals surface area contributed by atoms with Gasteiger partial charge in [0.15, 0.2) is 5.60 Å². The van der Waals surface area contributed by atoms with Crippen LogP contribution in [0.4, 0.5) is 0 Å². The van der Waals surface area contributed by atoms with Crippen molar-refractivity contribution in [1.82, 2.24) is 0 Å². The quantitative estimate of drug-likeness (QED) is 0.694. The van der Waals surface area contributed by atoms with Gasteiger partial charge in [0.05, 0.1) is 11.8 Å². The standard InChI is InChI=1S/C12H20O4/c1-6-11(3,4)10(14)16-12(5)7-9(13)15-8(12)2/h8H,6-7H2,1-5H3/t8?,12-/m0/s1. The molecule has 0 amide bonds. The number of hydrogen-bond acceptors (Lipinski definition) is 4. The molecule has 0 saturated carbocycles. The Morgan fingerprint density at radius 1 is 1.62 bits per heavy atom. The highest BCUT2D eigenvalue weighted by atomic mass is 16.6. The number of cyclic esters (lactones) is 1. The molecule has 0 spiro atoms. The van der Waals surface area contributed by atoms with Gasteiger partial charge in [-0.05, 0) is 34.1 Å². The Hall–Kier alpha value is -1.06. The molecule has 1 rings (SSSR count). The summed E-state index contributed by atoms with van der Waals surface area (Å²) in [6.45, 7) is 9.09. The molecule has 2 atom stereocenters. The summed E-state index contributed by atoms with van der Waals surface area (Å²) in [5, 5.41) is 0. The van der Waals surface area contributed by atoms with E-state index < -0.39 is 11.0 Å². The van der Waals surface area contributed by atoms with Crippen LogP contribution in [0, 0.1) is 5.41 Å². The molecule has 1 aliphatic heterocycles. The van der Waals surface area contributed by atoms with Gasteiger partial charge in [0, 0.05) is 0 Å². The molecule has 0 aromatic heterocycles. The van der Waals surface area contributed by atoms with Gasteiger partial charge >= 0.3 is 11.9 Å². The fourth-order valence-corrected chi connectivity index (χ4v) is 1.41. The van der Waals surface area contributed by atoms with E-state index in [0.717, 1.165) is 0 Å². The summed E-state index contributed by atoms with van der Waals surface area (Å²) in [5.74, 6) is -0.584. The van der Waals surface area contributed by atoms with Gasteiger partial charge in [0.25, 0.3) is 0 Å². The molecule has 0 radical (unpaired) electrons. The molecule has 92 valence electrons. The molecule has 4 nitrogen and oxygen atoms in total. The molecule has 1 saturated heterocycles. The van der Waals surface area contributed by atoms with E-state index in [1.807, 2.05) is 20.8 Å². The van der Waals surface area contributed by atoms with Crippen LogP contribution in [0.1, 0.15) is 47.5 Å². The van der Waals surface area contributed by atoms with Crippen molar-refractivity contribution >= 4 is 11.9 Å². The number of rotatable bonds is 3. The molecule has 0 aromatic rings. The Morgan fingerprint density at radius 3 is 2.56 bits per heavy atom. The van der Waals surface area contributed by atoms with Gasteiger partial charge in [0.1, 0.15) is 6.10 Å². The number of carbonyl (C=O) groups excluding carboxylic acids is 2. The Bertz CT molecular complexity index is 308. The molecule has 16 heavy (non-hydrogen) atoms. The summed E-state index contributed by atoms with van der Waals surface area (Å²) >= 11 is 0. The Labute approximate surface area is 96.3 Å². The van der Waals surface area contributed by atoms with E-state index in [-0.39, 0.29) is 24.5 Å². The van der Waals surface area contributed by atoms with E-state index >= 15 is 0 Å². The fraction of sp³-hybridized carbons (Fsp3) is 0.833. The maximum Gasteiger partial charge on any atom is 0.312 e. The van der Waals surface area contributed by atoms with Crippen molar-refractivity contribution in [3.63, 3.8) is 0 Å². The van der Waals surface area contributed by atoms with Crippen LogP contribution in [0.2, 0.25) is 0 Å². The summed E-state index contributed by atoms with van der Waals surface area (Å²) < 4.78 is 10.5. The zero-order valence-corrected chi connectivity index (χ0v) is 10.6. The molecular formula is C12H20O4. The predicted octanol–water partition coefficient (Wildman–Crippen LogP) is 2.06. The average Bonchev–Trinajstić information content (AvgIpc) is 2.40. The molecule has 0 aliphatic carbocycles. The summed E-state index contributed by atoms with van der Waals surface area (Å²) in [6.07, 6.45) is 0.460. The number of esters is 2. The van der Waals surface area contributed by atoms with Crippen molar-refractivity contribution in [2.24, 2.45) is 5.41 Å². The smallest absolute Gasteiger partial charge is 0.312 e. The largest absolute Gasteiger partial charge is 0.458 e. The molecule has 1 aliphatic rings. The predicted molar refractivity (Wildman–Crippen MR) is 58.7 cm³/mol. The van der Waals surface area contributed by atoms with Crippen LogP contribution in [-0.2, 0) is 19.1 Å². The topological polar surface area (TPSA) is 52.6 Å². The maximum absolute atomic E-state index is 11.9. The fourth-order valence-electron chi connectivity index (χ4n) is 1.41. The van der Waals surface area contributed by atoms with Crippen LogP contribution in [-0.4, -0.2) is 23.6 Å². The Morgan fingerprint density at radius 2 is 2.19 bits per heavy atom. The lowest BCUT2D eigenvalue weighted by Crippen LogP contribution is -2.42. The second-order valence-electron chi connectivity index (χ2n) is 5.25. The average molecular weight is 228 g/mol. The van der Waals surface area contributed by atoms with Crippen molar-refractivity contribution in [2.75, 3.05) is 0 Å². The second kappa shape index (κ2) is 4.07. The minimum absolute atomic E-state index is 0.139. The third-order valence-electron chi connectivity index (χ3n) is 3.43. The summed E-state index contributed by atoms with van der Waals surface area (Å²) in [7, 11) is 0. The normalized spacial score (nSPS) is 30.1. The van der Waals surface area contributed by atoms with Crippen LogP contribution in [0.3, 0.4) is 0 Å². The highest BCUT2D eigenvalue weighted by molar-refractivity contribution is 5.78. The lowest BCUT2D eigenvalue weighted by molar-refractivity contribution is -0.173. The minimum atomic E-state index is -0.819. The van der Waals surface area contributed by atoms with E-state index in [1.54, 1.807) is 13.8 Å². The first-order valence-electron chi connectivity index (χ1n) is 5.64. The van der Waals surface area contributed by atoms with Gasteiger partial charge in [-0.2, -0.15) is 0 Å². The first-order chi connectivity index (χ1) is 7.21. The van der Waals surface area contributed by atoms with Gasteiger partial charge in [-0.15, -0.1) is 0 Å². The van der Waals surface area contributed by atoms with Crippen LogP contribution in [0.5, 0.6) is 0 Å². The molecular weight excluding hydrogens is 208 g/mol. The van der Waals surface area contributed by atoms with E-state index in [1.165, 1.54) is 0 Å². The van der Waals surface area contributed by atoms with Gasteiger partial charge in [-0.25, -0.2) is 0 Å². The second-order valence-corrected chi connectivity index (χ2v) is 5.25. The van der Waals surface area contributed by atoms with E-state index in [9.17, 15) is 9.59 Å². The van der Waals surface area contributed by atoms with Crippen LogP contribution in [0.15, 0.2) is 0 Å². The van der Waals surface area contributed by atoms with Crippen molar-refractivity contribution in [1.29, 1.82) is 0 Å². The lowest BCUT2D eigenvalue weighted by Gasteiger charge is -2.30. The highest BCUT2D eigenvalue weighted by Crippen LogP contribution is 2.33. The monoisotopic (exact) mass is 228 g/mol. The molecule has 0 bridgehead atoms. The molecule has 1 fully saturated rings. The molecule has 0 aromatic carbocycles. The van der Waals surface area contributed by atoms with Crippen molar-refractivity contribution < 1.29 is 19.1 Å². The summed E-state index contributed by atoms with van der Waals surface area (Å²) in [4.78, 5) is 23.1. The van der Waals surface area contributed by atoms with E-state index in [2.05, 4.69) is 0 Å². The maximum atomic E-state index is 11.9.